The van der Waals surface area contributed by atoms with Crippen LogP contribution in [0.4, 0.5) is 8.78 Å². The molecule has 1 atom stereocenters. The number of nitrogens with one attached hydrogen (secondary N) is 1. The van der Waals surface area contributed by atoms with Crippen molar-refractivity contribution in [3.8, 4) is 0 Å². The Bertz CT molecular complexity index is 249. The predicted octanol–water partition coefficient (Wildman–Crippen LogP) is 2.47. The molecule has 0 saturated heterocycles. The first-order chi connectivity index (χ1) is 6.70. The van der Waals surface area contributed by atoms with Crippen LogP contribution in [0.2, 0.25) is 0 Å². The van der Waals surface area contributed by atoms with Crippen LogP contribution in [0, 0.1) is 0 Å². The summed E-state index contributed by atoms with van der Waals surface area (Å²) < 4.78 is 24.2. The Balaban J connectivity index is 2.22. The molecule has 0 aliphatic heterocycles. The summed E-state index contributed by atoms with van der Waals surface area (Å²) in [5.74, 6) is 0. The molecule has 1 aromatic rings. The molecule has 14 heavy (non-hydrogen) atoms. The van der Waals surface area contributed by atoms with Gasteiger partial charge in [-0.3, -0.25) is 0 Å². The second-order valence-corrected chi connectivity index (χ2v) is 3.31. The van der Waals surface area contributed by atoms with E-state index in [-0.39, 0.29) is 0 Å². The minimum absolute atomic E-state index is 0.593. The molecule has 78 valence electrons. The first-order valence-electron chi connectivity index (χ1n) is 4.75. The van der Waals surface area contributed by atoms with Gasteiger partial charge >= 0.3 is 0 Å². The Morgan fingerprint density at radius 1 is 1.21 bits per heavy atom. The summed E-state index contributed by atoms with van der Waals surface area (Å²) in [7, 11) is 0. The fourth-order valence-corrected chi connectivity index (χ4v) is 1.18. The second kappa shape index (κ2) is 5.70. The molecule has 0 aliphatic rings. The molecule has 0 amide bonds. The van der Waals surface area contributed by atoms with Gasteiger partial charge in [-0.1, -0.05) is 30.3 Å². The van der Waals surface area contributed by atoms with Crippen molar-refractivity contribution in [2.75, 3.05) is 6.54 Å². The number of benzene rings is 1. The van der Waals surface area contributed by atoms with Crippen LogP contribution in [0.25, 0.3) is 0 Å². The van der Waals surface area contributed by atoms with E-state index < -0.39 is 12.5 Å². The van der Waals surface area contributed by atoms with Gasteiger partial charge in [0, 0.05) is 0 Å². The van der Waals surface area contributed by atoms with Gasteiger partial charge in [0.2, 0.25) is 0 Å². The van der Waals surface area contributed by atoms with Gasteiger partial charge in [-0.15, -0.1) is 0 Å². The summed E-state index contributed by atoms with van der Waals surface area (Å²) in [6.45, 7) is 2.09. The molecule has 0 radical (unpaired) electrons. The molecule has 0 heterocycles. The van der Waals surface area contributed by atoms with Crippen LogP contribution in [-0.2, 0) is 6.42 Å². The van der Waals surface area contributed by atoms with Gasteiger partial charge in [0.05, 0.1) is 6.04 Å². The number of hydrogen-bond donors (Lipinski definition) is 1. The molecule has 0 aromatic heterocycles. The Kier molecular flexibility index (Phi) is 4.53. The van der Waals surface area contributed by atoms with Crippen LogP contribution >= 0.6 is 0 Å². The topological polar surface area (TPSA) is 12.0 Å². The van der Waals surface area contributed by atoms with Crippen molar-refractivity contribution >= 4 is 0 Å². The molecule has 1 unspecified atom stereocenters. The third-order valence-corrected chi connectivity index (χ3v) is 2.10. The van der Waals surface area contributed by atoms with Crippen molar-refractivity contribution in [3.05, 3.63) is 35.9 Å². The summed E-state index contributed by atoms with van der Waals surface area (Å²) >= 11 is 0. The van der Waals surface area contributed by atoms with Gasteiger partial charge in [0.1, 0.15) is 0 Å². The molecule has 0 saturated carbocycles. The van der Waals surface area contributed by atoms with E-state index in [9.17, 15) is 8.78 Å². The van der Waals surface area contributed by atoms with E-state index in [0.717, 1.165) is 6.42 Å². The quantitative estimate of drug-likeness (QED) is 0.768. The molecule has 3 heteroatoms. The summed E-state index contributed by atoms with van der Waals surface area (Å²) in [5.41, 5.74) is 1.17. The van der Waals surface area contributed by atoms with Crippen molar-refractivity contribution < 1.29 is 8.78 Å². The van der Waals surface area contributed by atoms with Gasteiger partial charge < -0.3 is 5.32 Å². The van der Waals surface area contributed by atoms with Crippen LogP contribution in [0.3, 0.4) is 0 Å². The summed E-state index contributed by atoms with van der Waals surface area (Å²) in [6.07, 6.45) is -1.50. The van der Waals surface area contributed by atoms with E-state index in [2.05, 4.69) is 5.32 Å². The average molecular weight is 199 g/mol. The maximum absolute atomic E-state index is 12.1. The first-order valence-corrected chi connectivity index (χ1v) is 4.75. The molecule has 0 aliphatic carbocycles. The Morgan fingerprint density at radius 2 is 1.86 bits per heavy atom. The van der Waals surface area contributed by atoms with Crippen LogP contribution in [0.15, 0.2) is 30.3 Å². The Morgan fingerprint density at radius 3 is 2.43 bits per heavy atom. The van der Waals surface area contributed by atoms with Crippen molar-refractivity contribution in [1.29, 1.82) is 0 Å². The molecule has 0 bridgehead atoms. The van der Waals surface area contributed by atoms with Gasteiger partial charge in [0.25, 0.3) is 6.43 Å². The summed E-state index contributed by atoms with van der Waals surface area (Å²) in [6, 6.07) is 9.11. The molecular formula is C11H15F2N. The van der Waals surface area contributed by atoms with Gasteiger partial charge in [-0.2, -0.15) is 0 Å². The van der Waals surface area contributed by atoms with Gasteiger partial charge in [-0.05, 0) is 25.5 Å². The maximum Gasteiger partial charge on any atom is 0.253 e. The van der Waals surface area contributed by atoms with E-state index in [1.165, 1.54) is 12.5 Å². The number of alkyl halides is 2. The minimum Gasteiger partial charge on any atom is -0.309 e. The van der Waals surface area contributed by atoms with Gasteiger partial charge in [-0.25, -0.2) is 8.78 Å². The number of rotatable bonds is 5. The minimum atomic E-state index is -2.29. The third kappa shape index (κ3) is 3.83. The zero-order chi connectivity index (χ0) is 10.4. The highest BCUT2D eigenvalue weighted by molar-refractivity contribution is 5.14. The summed E-state index contributed by atoms with van der Waals surface area (Å²) in [4.78, 5) is 0. The lowest BCUT2D eigenvalue weighted by Gasteiger charge is -2.12. The third-order valence-electron chi connectivity index (χ3n) is 2.10. The molecule has 0 spiro atoms. The first kappa shape index (κ1) is 11.1. The molecule has 0 fully saturated rings. The van der Waals surface area contributed by atoms with Crippen molar-refractivity contribution in [2.45, 2.75) is 25.8 Å². The lowest BCUT2D eigenvalue weighted by molar-refractivity contribution is 0.106. The fraction of sp³-hybridized carbons (Fsp3) is 0.455. The molecular weight excluding hydrogens is 184 g/mol. The molecule has 1 rings (SSSR count). The SMILES string of the molecule is CC(NCCc1ccccc1)C(F)F. The van der Waals surface area contributed by atoms with E-state index in [4.69, 9.17) is 0 Å². The number of halogens is 2. The van der Waals surface area contributed by atoms with Crippen LogP contribution < -0.4 is 5.32 Å². The Hall–Kier alpha value is -0.960. The van der Waals surface area contributed by atoms with Crippen LogP contribution in [0.1, 0.15) is 12.5 Å². The van der Waals surface area contributed by atoms with Crippen molar-refractivity contribution in [2.24, 2.45) is 0 Å². The van der Waals surface area contributed by atoms with Crippen LogP contribution in [-0.4, -0.2) is 19.0 Å². The standard InChI is InChI=1S/C11H15F2N/c1-9(11(12)13)14-8-7-10-5-3-2-4-6-10/h2-6,9,11,14H,7-8H2,1H3. The fourth-order valence-electron chi connectivity index (χ4n) is 1.18. The zero-order valence-electron chi connectivity index (χ0n) is 8.21. The van der Waals surface area contributed by atoms with E-state index >= 15 is 0 Å². The predicted molar refractivity (Wildman–Crippen MR) is 53.6 cm³/mol. The smallest absolute Gasteiger partial charge is 0.253 e. The van der Waals surface area contributed by atoms with Crippen molar-refractivity contribution in [1.82, 2.24) is 5.32 Å². The van der Waals surface area contributed by atoms with Gasteiger partial charge in [0.15, 0.2) is 0 Å². The largest absolute Gasteiger partial charge is 0.309 e. The zero-order valence-corrected chi connectivity index (χ0v) is 8.21. The molecule has 1 aromatic carbocycles. The maximum atomic E-state index is 12.1. The average Bonchev–Trinajstić information content (AvgIpc) is 2.19. The van der Waals surface area contributed by atoms with E-state index in [1.54, 1.807) is 0 Å². The van der Waals surface area contributed by atoms with E-state index in [1.807, 2.05) is 30.3 Å². The highest BCUT2D eigenvalue weighted by Crippen LogP contribution is 2.01. The molecule has 1 N–H and O–H groups in total. The highest BCUT2D eigenvalue weighted by atomic mass is 19.3. The van der Waals surface area contributed by atoms with Crippen molar-refractivity contribution in [3.63, 3.8) is 0 Å². The second-order valence-electron chi connectivity index (χ2n) is 3.31. The summed E-state index contributed by atoms with van der Waals surface area (Å²) in [5, 5.41) is 2.78. The normalized spacial score (nSPS) is 13.1. The Labute approximate surface area is 83.1 Å². The number of hydrogen-bond acceptors (Lipinski definition) is 1. The lowest BCUT2D eigenvalue weighted by atomic mass is 10.1. The monoisotopic (exact) mass is 199 g/mol. The van der Waals surface area contributed by atoms with Crippen LogP contribution in [0.5, 0.6) is 0 Å². The van der Waals surface area contributed by atoms with E-state index in [0.29, 0.717) is 6.54 Å². The highest BCUT2D eigenvalue weighted by Gasteiger charge is 2.12. The molecule has 1 nitrogen and oxygen atoms in total. The lowest BCUT2D eigenvalue weighted by Crippen LogP contribution is -2.33.